The van der Waals surface area contributed by atoms with Crippen LogP contribution in [0, 0.1) is 12.3 Å². The maximum atomic E-state index is 12.1. The summed E-state index contributed by atoms with van der Waals surface area (Å²) in [6.07, 6.45) is 5.35. The number of nitrogens with zero attached hydrogens (tertiary/aromatic N) is 4. The van der Waals surface area contributed by atoms with Crippen LogP contribution in [0.2, 0.25) is 0 Å². The van der Waals surface area contributed by atoms with Crippen LogP contribution in [0.4, 0.5) is 9.93 Å². The molecule has 0 radical (unpaired) electrons. The van der Waals surface area contributed by atoms with E-state index < -0.39 is 0 Å². The summed E-state index contributed by atoms with van der Waals surface area (Å²) in [6, 6.07) is -0.313. The van der Waals surface area contributed by atoms with E-state index in [4.69, 9.17) is 0 Å². The highest BCUT2D eigenvalue weighted by molar-refractivity contribution is 7.15. The van der Waals surface area contributed by atoms with Crippen LogP contribution in [0.5, 0.6) is 0 Å². The Bertz CT molecular complexity index is 586. The van der Waals surface area contributed by atoms with E-state index in [0.717, 1.165) is 5.01 Å². The second-order valence-electron chi connectivity index (χ2n) is 5.90. The predicted molar refractivity (Wildman–Crippen MR) is 82.3 cm³/mol. The fourth-order valence-electron chi connectivity index (χ4n) is 1.78. The number of urea groups is 1. The first-order chi connectivity index (χ1) is 9.84. The number of anilines is 1. The average Bonchev–Trinajstić information content (AvgIpc) is 2.99. The van der Waals surface area contributed by atoms with E-state index in [1.54, 1.807) is 12.5 Å². The maximum Gasteiger partial charge on any atom is 0.321 e. The molecular formula is C13H20N6OS. The molecule has 2 amide bonds. The Balaban J connectivity index is 1.99. The van der Waals surface area contributed by atoms with Gasteiger partial charge in [0.05, 0.1) is 12.4 Å². The summed E-state index contributed by atoms with van der Waals surface area (Å²) >= 11 is 1.35. The van der Waals surface area contributed by atoms with Gasteiger partial charge in [0.25, 0.3) is 0 Å². The molecule has 2 N–H and O–H groups in total. The van der Waals surface area contributed by atoms with E-state index in [0.29, 0.717) is 11.7 Å². The van der Waals surface area contributed by atoms with Gasteiger partial charge in [0.15, 0.2) is 0 Å². The van der Waals surface area contributed by atoms with Gasteiger partial charge in [-0.1, -0.05) is 32.1 Å². The molecule has 114 valence electrons. The zero-order chi connectivity index (χ0) is 15.5. The number of nitrogens with one attached hydrogen (secondary N) is 2. The van der Waals surface area contributed by atoms with E-state index in [1.165, 1.54) is 11.3 Å². The molecule has 0 bridgehead atoms. The smallest absolute Gasteiger partial charge is 0.321 e. The van der Waals surface area contributed by atoms with E-state index in [-0.39, 0.29) is 17.5 Å². The van der Waals surface area contributed by atoms with Gasteiger partial charge in [-0.3, -0.25) is 5.32 Å². The molecule has 2 rings (SSSR count). The quantitative estimate of drug-likeness (QED) is 0.907. The number of carbonyl (C=O) groups excluding carboxylic acids is 1. The van der Waals surface area contributed by atoms with E-state index >= 15 is 0 Å². The lowest BCUT2D eigenvalue weighted by atomic mass is 9.86. The highest BCUT2D eigenvalue weighted by Crippen LogP contribution is 2.21. The van der Waals surface area contributed by atoms with Crippen LogP contribution in [0.3, 0.4) is 0 Å². The van der Waals surface area contributed by atoms with Crippen molar-refractivity contribution in [2.45, 2.75) is 40.3 Å². The van der Waals surface area contributed by atoms with Gasteiger partial charge in [-0.05, 0) is 12.3 Å². The average molecular weight is 308 g/mol. The molecule has 0 aliphatic rings. The first kappa shape index (κ1) is 15.4. The second-order valence-corrected chi connectivity index (χ2v) is 7.08. The molecule has 0 saturated carbocycles. The van der Waals surface area contributed by atoms with Crippen molar-refractivity contribution < 1.29 is 4.79 Å². The molecule has 0 fully saturated rings. The van der Waals surface area contributed by atoms with Crippen molar-refractivity contribution in [1.82, 2.24) is 25.1 Å². The third-order valence-electron chi connectivity index (χ3n) is 3.05. The molecule has 1 unspecified atom stereocenters. The third-order valence-corrected chi connectivity index (χ3v) is 3.80. The van der Waals surface area contributed by atoms with Gasteiger partial charge < -0.3 is 9.88 Å². The molecular weight excluding hydrogens is 288 g/mol. The lowest BCUT2D eigenvalue weighted by Crippen LogP contribution is -2.47. The number of amides is 2. The van der Waals surface area contributed by atoms with Crippen molar-refractivity contribution in [3.05, 3.63) is 23.7 Å². The molecule has 0 saturated heterocycles. The minimum absolute atomic E-state index is 0.0410. The first-order valence-electron chi connectivity index (χ1n) is 6.68. The number of hydrogen-bond donors (Lipinski definition) is 2. The van der Waals surface area contributed by atoms with Crippen molar-refractivity contribution in [3.63, 3.8) is 0 Å². The minimum atomic E-state index is -0.272. The molecule has 1 atom stereocenters. The second kappa shape index (κ2) is 6.21. The Hall–Kier alpha value is -1.96. The van der Waals surface area contributed by atoms with Crippen molar-refractivity contribution in [1.29, 1.82) is 0 Å². The number of rotatable bonds is 4. The largest absolute Gasteiger partial charge is 0.335 e. The molecule has 2 heterocycles. The number of carbonyl (C=O) groups is 1. The van der Waals surface area contributed by atoms with Crippen molar-refractivity contribution >= 4 is 22.5 Å². The Morgan fingerprint density at radius 1 is 1.43 bits per heavy atom. The summed E-state index contributed by atoms with van der Waals surface area (Å²) in [5.74, 6) is 0. The minimum Gasteiger partial charge on any atom is -0.335 e. The molecule has 7 nitrogen and oxygen atoms in total. The Morgan fingerprint density at radius 3 is 2.71 bits per heavy atom. The fraction of sp³-hybridized carbons (Fsp3) is 0.538. The van der Waals surface area contributed by atoms with Gasteiger partial charge in [0, 0.05) is 18.9 Å². The van der Waals surface area contributed by atoms with Crippen molar-refractivity contribution in [3.8, 4) is 0 Å². The van der Waals surface area contributed by atoms with Gasteiger partial charge in [0.2, 0.25) is 5.13 Å². The van der Waals surface area contributed by atoms with E-state index in [2.05, 4.69) is 46.6 Å². The Kier molecular flexibility index (Phi) is 4.56. The zero-order valence-corrected chi connectivity index (χ0v) is 13.4. The summed E-state index contributed by atoms with van der Waals surface area (Å²) < 4.78 is 1.95. The summed E-state index contributed by atoms with van der Waals surface area (Å²) in [5, 5.41) is 14.8. The molecule has 0 spiro atoms. The number of aromatic nitrogens is 4. The summed E-state index contributed by atoms with van der Waals surface area (Å²) in [5.41, 5.74) is -0.0847. The van der Waals surface area contributed by atoms with Crippen LogP contribution in [-0.2, 0) is 6.54 Å². The highest BCUT2D eigenvalue weighted by atomic mass is 32.1. The maximum absolute atomic E-state index is 12.1. The van der Waals surface area contributed by atoms with Gasteiger partial charge >= 0.3 is 6.03 Å². The van der Waals surface area contributed by atoms with Gasteiger partial charge in [-0.25, -0.2) is 9.78 Å². The third kappa shape index (κ3) is 4.52. The van der Waals surface area contributed by atoms with Crippen LogP contribution < -0.4 is 10.6 Å². The van der Waals surface area contributed by atoms with Gasteiger partial charge in [0.1, 0.15) is 5.01 Å². The van der Waals surface area contributed by atoms with E-state index in [1.807, 2.05) is 17.7 Å². The fourth-order valence-corrected chi connectivity index (χ4v) is 2.37. The molecule has 0 aliphatic carbocycles. The lowest BCUT2D eigenvalue weighted by Gasteiger charge is -2.31. The molecule has 21 heavy (non-hydrogen) atoms. The lowest BCUT2D eigenvalue weighted by molar-refractivity contribution is 0.218. The monoisotopic (exact) mass is 308 g/mol. The first-order valence-corrected chi connectivity index (χ1v) is 7.49. The van der Waals surface area contributed by atoms with Crippen LogP contribution in [-0.4, -0.2) is 31.8 Å². The molecule has 8 heteroatoms. The Labute approximate surface area is 127 Å². The zero-order valence-electron chi connectivity index (χ0n) is 12.6. The highest BCUT2D eigenvalue weighted by Gasteiger charge is 2.26. The van der Waals surface area contributed by atoms with Gasteiger partial charge in [-0.15, -0.1) is 10.2 Å². The van der Waals surface area contributed by atoms with Crippen molar-refractivity contribution in [2.24, 2.45) is 5.41 Å². The van der Waals surface area contributed by atoms with Crippen LogP contribution in [0.1, 0.15) is 25.8 Å². The topological polar surface area (TPSA) is 84.7 Å². The number of hydrogen-bond acceptors (Lipinski definition) is 5. The van der Waals surface area contributed by atoms with Crippen LogP contribution >= 0.6 is 11.3 Å². The predicted octanol–water partition coefficient (Wildman–Crippen LogP) is 2.28. The Morgan fingerprint density at radius 2 is 2.19 bits per heavy atom. The molecule has 0 aliphatic heterocycles. The summed E-state index contributed by atoms with van der Waals surface area (Å²) in [4.78, 5) is 16.1. The van der Waals surface area contributed by atoms with Crippen molar-refractivity contribution in [2.75, 3.05) is 5.32 Å². The van der Waals surface area contributed by atoms with Gasteiger partial charge in [-0.2, -0.15) is 0 Å². The van der Waals surface area contributed by atoms with Crippen LogP contribution in [0.15, 0.2) is 18.7 Å². The standard InChI is InChI=1S/C13H20N6OS/c1-9-17-18-12(21-9)16-11(20)15-10(13(2,3)4)7-19-6-5-14-8-19/h5-6,8,10H,7H2,1-4H3,(H2,15,16,18,20). The normalized spacial score (nSPS) is 13.0. The SMILES string of the molecule is Cc1nnc(NC(=O)NC(Cn2ccnc2)C(C)(C)C)s1. The molecule has 2 aromatic heterocycles. The summed E-state index contributed by atoms with van der Waals surface area (Å²) in [7, 11) is 0. The number of aryl methyl sites for hydroxylation is 1. The summed E-state index contributed by atoms with van der Waals surface area (Å²) in [6.45, 7) is 8.77. The van der Waals surface area contributed by atoms with Crippen LogP contribution in [0.25, 0.3) is 0 Å². The number of imidazole rings is 1. The molecule has 0 aromatic carbocycles. The molecule has 2 aromatic rings. The van der Waals surface area contributed by atoms with E-state index in [9.17, 15) is 4.79 Å².